The largest absolute Gasteiger partial charge is 0.493 e. The summed E-state index contributed by atoms with van der Waals surface area (Å²) >= 11 is 1.84. The molecular formula is C10H8FIN4O2. The molecule has 0 bridgehead atoms. The summed E-state index contributed by atoms with van der Waals surface area (Å²) in [7, 11) is 1.34. The van der Waals surface area contributed by atoms with Gasteiger partial charge in [0.15, 0.2) is 17.3 Å². The van der Waals surface area contributed by atoms with Crippen LogP contribution in [-0.2, 0) is 0 Å². The molecule has 3 N–H and O–H groups in total. The van der Waals surface area contributed by atoms with Crippen molar-refractivity contribution in [2.45, 2.75) is 0 Å². The second kappa shape index (κ2) is 4.88. The minimum atomic E-state index is -0.750. The van der Waals surface area contributed by atoms with Crippen LogP contribution in [0.15, 0.2) is 12.1 Å². The van der Waals surface area contributed by atoms with Crippen LogP contribution in [0, 0.1) is 9.39 Å². The Morgan fingerprint density at radius 2 is 2.22 bits per heavy atom. The molecule has 94 valence electrons. The summed E-state index contributed by atoms with van der Waals surface area (Å²) in [5.41, 5.74) is 5.58. The van der Waals surface area contributed by atoms with Crippen molar-refractivity contribution in [3.05, 3.63) is 27.2 Å². The molecular weight excluding hydrogens is 354 g/mol. The fourth-order valence-corrected chi connectivity index (χ4v) is 1.93. The maximum atomic E-state index is 13.9. The fraction of sp³-hybridized carbons (Fsp3) is 0.100. The number of rotatable bonds is 3. The zero-order chi connectivity index (χ0) is 13.3. The van der Waals surface area contributed by atoms with Gasteiger partial charge in [-0.25, -0.2) is 4.39 Å². The predicted molar refractivity (Wildman–Crippen MR) is 69.6 cm³/mol. The first kappa shape index (κ1) is 12.7. The van der Waals surface area contributed by atoms with Gasteiger partial charge in [0.25, 0.3) is 5.91 Å². The van der Waals surface area contributed by atoms with Crippen LogP contribution in [0.1, 0.15) is 10.5 Å². The van der Waals surface area contributed by atoms with Gasteiger partial charge in [-0.2, -0.15) is 15.4 Å². The molecule has 0 aliphatic heterocycles. The molecule has 2 aromatic rings. The van der Waals surface area contributed by atoms with Gasteiger partial charge < -0.3 is 10.5 Å². The Hall–Kier alpha value is -1.71. The highest BCUT2D eigenvalue weighted by molar-refractivity contribution is 14.1. The molecule has 0 aliphatic carbocycles. The Morgan fingerprint density at radius 1 is 1.50 bits per heavy atom. The van der Waals surface area contributed by atoms with E-state index in [0.717, 1.165) is 0 Å². The number of hydrogen-bond donors (Lipinski definition) is 2. The lowest BCUT2D eigenvalue weighted by molar-refractivity contribution is 0.0996. The van der Waals surface area contributed by atoms with Gasteiger partial charge in [0.05, 0.1) is 10.7 Å². The normalized spacial score (nSPS) is 10.4. The first-order valence-electron chi connectivity index (χ1n) is 4.79. The number of carbonyl (C=O) groups excluding carboxylic acids is 1. The van der Waals surface area contributed by atoms with Crippen LogP contribution in [0.2, 0.25) is 0 Å². The molecule has 1 amide bonds. The number of halogens is 2. The number of amides is 1. The summed E-state index contributed by atoms with van der Waals surface area (Å²) in [5.74, 6) is -1.27. The van der Waals surface area contributed by atoms with Crippen LogP contribution in [0.5, 0.6) is 5.75 Å². The summed E-state index contributed by atoms with van der Waals surface area (Å²) < 4.78 is 19.3. The van der Waals surface area contributed by atoms with Crippen LogP contribution in [0.4, 0.5) is 4.39 Å². The van der Waals surface area contributed by atoms with E-state index in [-0.39, 0.29) is 17.1 Å². The van der Waals surface area contributed by atoms with E-state index >= 15 is 0 Å². The molecule has 0 aliphatic rings. The number of methoxy groups -OCH3 is 1. The third-order valence-electron chi connectivity index (χ3n) is 2.29. The Bertz CT molecular complexity index is 614. The molecule has 1 aromatic heterocycles. The first-order chi connectivity index (χ1) is 8.56. The van der Waals surface area contributed by atoms with E-state index in [2.05, 4.69) is 15.4 Å². The highest BCUT2D eigenvalue weighted by Gasteiger charge is 2.21. The zero-order valence-corrected chi connectivity index (χ0v) is 11.4. The Morgan fingerprint density at radius 3 is 2.83 bits per heavy atom. The van der Waals surface area contributed by atoms with Gasteiger partial charge in [0.1, 0.15) is 5.69 Å². The van der Waals surface area contributed by atoms with Gasteiger partial charge in [-0.05, 0) is 34.7 Å². The van der Waals surface area contributed by atoms with Gasteiger partial charge >= 0.3 is 0 Å². The maximum absolute atomic E-state index is 13.9. The summed E-state index contributed by atoms with van der Waals surface area (Å²) in [6, 6.07) is 3.14. The molecule has 0 fully saturated rings. The summed E-state index contributed by atoms with van der Waals surface area (Å²) in [4.78, 5) is 11.2. The fourth-order valence-electron chi connectivity index (χ4n) is 1.51. The number of hydrogen-bond acceptors (Lipinski definition) is 4. The number of benzene rings is 1. The van der Waals surface area contributed by atoms with Crippen molar-refractivity contribution in [1.29, 1.82) is 0 Å². The number of primary amides is 1. The number of nitrogens with zero attached hydrogens (tertiary/aromatic N) is 2. The van der Waals surface area contributed by atoms with E-state index in [1.165, 1.54) is 7.11 Å². The average Bonchev–Trinajstić information content (AvgIpc) is 2.81. The number of aromatic amines is 1. The number of carbonyl (C=O) groups is 1. The maximum Gasteiger partial charge on any atom is 0.271 e. The number of nitrogens with two attached hydrogens (primary N) is 1. The summed E-state index contributed by atoms with van der Waals surface area (Å²) in [6.07, 6.45) is 0. The second-order valence-corrected chi connectivity index (χ2v) is 4.49. The molecule has 0 radical (unpaired) electrons. The van der Waals surface area contributed by atoms with Gasteiger partial charge in [-0.15, -0.1) is 0 Å². The number of H-pyrrole nitrogens is 1. The Kier molecular flexibility index (Phi) is 3.45. The van der Waals surface area contributed by atoms with Crippen LogP contribution < -0.4 is 10.5 Å². The van der Waals surface area contributed by atoms with Crippen molar-refractivity contribution in [2.75, 3.05) is 7.11 Å². The van der Waals surface area contributed by atoms with Crippen LogP contribution in [0.25, 0.3) is 11.3 Å². The molecule has 0 atom stereocenters. The number of ether oxygens (including phenoxy) is 1. The molecule has 1 aromatic carbocycles. The van der Waals surface area contributed by atoms with Gasteiger partial charge in [-0.1, -0.05) is 0 Å². The molecule has 0 saturated carbocycles. The van der Waals surface area contributed by atoms with E-state index in [1.807, 2.05) is 22.6 Å². The van der Waals surface area contributed by atoms with Crippen molar-refractivity contribution < 1.29 is 13.9 Å². The third-order valence-corrected chi connectivity index (χ3v) is 3.12. The molecule has 0 saturated heterocycles. The Balaban J connectivity index is 2.68. The van der Waals surface area contributed by atoms with Crippen LogP contribution in [0.3, 0.4) is 0 Å². The molecule has 1 heterocycles. The van der Waals surface area contributed by atoms with E-state index in [9.17, 15) is 9.18 Å². The average molecular weight is 362 g/mol. The minimum absolute atomic E-state index is 0.00157. The van der Waals surface area contributed by atoms with Crippen molar-refractivity contribution >= 4 is 28.5 Å². The van der Waals surface area contributed by atoms with Crippen molar-refractivity contribution in [3.63, 3.8) is 0 Å². The van der Waals surface area contributed by atoms with Crippen molar-refractivity contribution in [1.82, 2.24) is 15.4 Å². The van der Waals surface area contributed by atoms with Crippen LogP contribution >= 0.6 is 22.6 Å². The summed E-state index contributed by atoms with van der Waals surface area (Å²) in [6.45, 7) is 0. The highest BCUT2D eigenvalue weighted by atomic mass is 127. The smallest absolute Gasteiger partial charge is 0.271 e. The molecule has 8 heteroatoms. The van der Waals surface area contributed by atoms with Gasteiger partial charge in [0, 0.05) is 5.56 Å². The topological polar surface area (TPSA) is 93.9 Å². The monoisotopic (exact) mass is 362 g/mol. The number of nitrogens with one attached hydrogen (secondary N) is 1. The third kappa shape index (κ3) is 2.03. The van der Waals surface area contributed by atoms with E-state index in [4.69, 9.17) is 10.5 Å². The second-order valence-electron chi connectivity index (χ2n) is 3.33. The molecule has 18 heavy (non-hydrogen) atoms. The van der Waals surface area contributed by atoms with E-state index < -0.39 is 11.7 Å². The molecule has 2 rings (SSSR count). The first-order valence-corrected chi connectivity index (χ1v) is 5.87. The quantitative estimate of drug-likeness (QED) is 0.806. The minimum Gasteiger partial charge on any atom is -0.493 e. The SMILES string of the molecule is COc1c(-c2n[nH]nc2C(N)=O)ccc(I)c1F. The molecule has 0 unspecified atom stereocenters. The highest BCUT2D eigenvalue weighted by Crippen LogP contribution is 2.34. The standard InChI is InChI=1S/C10H8FIN4O2/c1-18-9-4(2-3-5(12)6(9)11)7-8(10(13)17)15-16-14-7/h2-3H,1H3,(H2,13,17)(H,14,15,16). The summed E-state index contributed by atoms with van der Waals surface area (Å²) in [5, 5.41) is 9.71. The van der Waals surface area contributed by atoms with E-state index in [0.29, 0.717) is 9.13 Å². The van der Waals surface area contributed by atoms with E-state index in [1.54, 1.807) is 12.1 Å². The van der Waals surface area contributed by atoms with Crippen molar-refractivity contribution in [2.24, 2.45) is 5.73 Å². The number of aromatic nitrogens is 3. The molecule has 6 nitrogen and oxygen atoms in total. The van der Waals surface area contributed by atoms with Crippen molar-refractivity contribution in [3.8, 4) is 17.0 Å². The lowest BCUT2D eigenvalue weighted by atomic mass is 10.1. The van der Waals surface area contributed by atoms with Gasteiger partial charge in [0.2, 0.25) is 0 Å². The zero-order valence-electron chi connectivity index (χ0n) is 9.20. The lowest BCUT2D eigenvalue weighted by Crippen LogP contribution is -2.13. The van der Waals surface area contributed by atoms with Gasteiger partial charge in [-0.3, -0.25) is 4.79 Å². The van der Waals surface area contributed by atoms with Crippen LogP contribution in [-0.4, -0.2) is 28.4 Å². The molecule has 0 spiro atoms. The predicted octanol–water partition coefficient (Wildman–Crippen LogP) is 1.32. The Labute approximate surface area is 115 Å². The lowest BCUT2D eigenvalue weighted by Gasteiger charge is -2.08.